The minimum atomic E-state index is -0.450. The molecule has 5 rings (SSSR count). The third-order valence-electron chi connectivity index (χ3n) is 7.75. The lowest BCUT2D eigenvalue weighted by atomic mass is 9.67. The summed E-state index contributed by atoms with van der Waals surface area (Å²) in [5, 5.41) is 8.69. The van der Waals surface area contributed by atoms with Crippen LogP contribution in [0.1, 0.15) is 62.0 Å². The minimum absolute atomic E-state index is 0.0000119. The maximum Gasteiger partial charge on any atom is 0.317 e. The van der Waals surface area contributed by atoms with Crippen molar-refractivity contribution in [2.45, 2.75) is 69.8 Å². The average molecular weight is 472 g/mol. The van der Waals surface area contributed by atoms with Crippen LogP contribution in [0.2, 0.25) is 0 Å². The van der Waals surface area contributed by atoms with Crippen molar-refractivity contribution in [1.29, 1.82) is 0 Å². The zero-order valence-corrected chi connectivity index (χ0v) is 20.1. The van der Waals surface area contributed by atoms with E-state index in [1.54, 1.807) is 24.3 Å². The highest BCUT2D eigenvalue weighted by Crippen LogP contribution is 2.46. The number of hydrogen-bond donors (Lipinski definition) is 1. The number of anilines is 1. The highest BCUT2D eigenvalue weighted by Gasteiger charge is 2.50. The van der Waals surface area contributed by atoms with E-state index in [0.29, 0.717) is 30.0 Å². The van der Waals surface area contributed by atoms with Gasteiger partial charge in [0.05, 0.1) is 6.54 Å². The van der Waals surface area contributed by atoms with Gasteiger partial charge >= 0.3 is 5.97 Å². The Morgan fingerprint density at radius 3 is 2.79 bits per heavy atom. The maximum absolute atomic E-state index is 13.5. The van der Waals surface area contributed by atoms with Crippen LogP contribution < -0.4 is 5.32 Å². The molecule has 3 fully saturated rings. The van der Waals surface area contributed by atoms with E-state index in [-0.39, 0.29) is 18.0 Å². The number of thiophene rings is 1. The van der Waals surface area contributed by atoms with E-state index in [1.807, 2.05) is 0 Å². The van der Waals surface area contributed by atoms with Crippen molar-refractivity contribution in [2.24, 2.45) is 11.8 Å². The fraction of sp³-hybridized carbons (Fsp3) is 0.640. The number of rotatable bonds is 6. The molecule has 2 saturated carbocycles. The van der Waals surface area contributed by atoms with Crippen LogP contribution in [-0.4, -0.2) is 47.7 Å². The molecule has 0 radical (unpaired) electrons. The normalized spacial score (nSPS) is 27.1. The highest BCUT2D eigenvalue weighted by atomic mass is 32.1. The summed E-state index contributed by atoms with van der Waals surface area (Å²) in [5.41, 5.74) is -0.450. The largest absolute Gasteiger partial charge is 0.461 e. The second-order valence-corrected chi connectivity index (χ2v) is 10.9. The molecule has 3 atom stereocenters. The van der Waals surface area contributed by atoms with Gasteiger partial charge in [-0.15, -0.1) is 11.3 Å². The third kappa shape index (κ3) is 4.73. The average Bonchev–Trinajstić information content (AvgIpc) is 3.39. The van der Waals surface area contributed by atoms with Gasteiger partial charge in [-0.2, -0.15) is 0 Å². The van der Waals surface area contributed by atoms with E-state index >= 15 is 0 Å². The van der Waals surface area contributed by atoms with Crippen molar-refractivity contribution in [1.82, 2.24) is 10.1 Å². The van der Waals surface area contributed by atoms with Crippen LogP contribution in [0.5, 0.6) is 0 Å². The molecule has 0 aromatic carbocycles. The Kier molecular flexibility index (Phi) is 6.56. The van der Waals surface area contributed by atoms with E-state index in [1.165, 1.54) is 17.7 Å². The van der Waals surface area contributed by atoms with Gasteiger partial charge in [-0.3, -0.25) is 14.5 Å². The number of likely N-dealkylation sites (tertiary alicyclic amines) is 1. The number of piperidine rings is 1. The summed E-state index contributed by atoms with van der Waals surface area (Å²) in [6, 6.07) is 5.88. The summed E-state index contributed by atoms with van der Waals surface area (Å²) in [4.78, 5) is 29.3. The topological polar surface area (TPSA) is 84.7 Å². The van der Waals surface area contributed by atoms with Gasteiger partial charge in [-0.25, -0.2) is 0 Å². The van der Waals surface area contributed by atoms with Gasteiger partial charge < -0.3 is 14.6 Å². The summed E-state index contributed by atoms with van der Waals surface area (Å²) >= 11 is 1.69. The number of hydrogen-bond acceptors (Lipinski definition) is 7. The molecular formula is C25H33N3O4S. The summed E-state index contributed by atoms with van der Waals surface area (Å²) in [7, 11) is 0. The van der Waals surface area contributed by atoms with Gasteiger partial charge in [0.25, 0.3) is 0 Å². The van der Waals surface area contributed by atoms with Crippen molar-refractivity contribution in [2.75, 3.05) is 25.0 Å². The first kappa shape index (κ1) is 22.6. The van der Waals surface area contributed by atoms with Gasteiger partial charge in [0.1, 0.15) is 17.3 Å². The first-order chi connectivity index (χ1) is 16.0. The van der Waals surface area contributed by atoms with Gasteiger partial charge in [-0.1, -0.05) is 36.9 Å². The first-order valence-corrected chi connectivity index (χ1v) is 13.1. The minimum Gasteiger partial charge on any atom is -0.461 e. The Morgan fingerprint density at radius 2 is 2.12 bits per heavy atom. The molecular weight excluding hydrogens is 438 g/mol. The Hall–Kier alpha value is -2.19. The molecule has 178 valence electrons. The van der Waals surface area contributed by atoms with Gasteiger partial charge in [0.2, 0.25) is 5.91 Å². The maximum atomic E-state index is 13.5. The lowest BCUT2D eigenvalue weighted by Crippen LogP contribution is -2.56. The number of esters is 1. The molecule has 1 N–H and O–H groups in total. The molecule has 2 unspecified atom stereocenters. The lowest BCUT2D eigenvalue weighted by Gasteiger charge is -2.50. The smallest absolute Gasteiger partial charge is 0.317 e. The summed E-state index contributed by atoms with van der Waals surface area (Å²) in [6.45, 7) is 3.86. The molecule has 2 aliphatic carbocycles. The molecule has 1 saturated heterocycles. The predicted octanol–water partition coefficient (Wildman–Crippen LogP) is 4.53. The first-order valence-electron chi connectivity index (χ1n) is 12.2. The van der Waals surface area contributed by atoms with Crippen molar-refractivity contribution in [3.05, 3.63) is 34.2 Å². The van der Waals surface area contributed by atoms with E-state index in [4.69, 9.17) is 9.26 Å². The molecule has 33 heavy (non-hydrogen) atoms. The number of nitrogens with one attached hydrogen (secondary N) is 1. The monoisotopic (exact) mass is 471 g/mol. The standard InChI is InChI=1S/C25H33N3O4S/c1-17-13-22(27-32-17)26-23(29)16-28-11-8-19-18(15-28)14-20(19)31-24(30)25(21-7-6-12-33-21)9-4-2-3-5-10-25/h6-7,12-13,18-20H,2-5,8-11,14-16H2,1H3,(H,26,27,29)/t18?,19?,20-/m0/s1. The van der Waals surface area contributed by atoms with Crippen LogP contribution in [0.15, 0.2) is 28.1 Å². The molecule has 0 spiro atoms. The van der Waals surface area contributed by atoms with Crippen molar-refractivity contribution in [3.63, 3.8) is 0 Å². The van der Waals surface area contributed by atoms with Gasteiger partial charge in [0, 0.05) is 23.4 Å². The van der Waals surface area contributed by atoms with Crippen LogP contribution in [0.4, 0.5) is 5.82 Å². The van der Waals surface area contributed by atoms with E-state index in [0.717, 1.165) is 51.6 Å². The highest BCUT2D eigenvalue weighted by molar-refractivity contribution is 7.10. The number of amides is 1. The Bertz CT molecular complexity index is 964. The second kappa shape index (κ2) is 9.58. The predicted molar refractivity (Wildman–Crippen MR) is 126 cm³/mol. The van der Waals surface area contributed by atoms with Crippen LogP contribution in [0.25, 0.3) is 0 Å². The van der Waals surface area contributed by atoms with E-state index < -0.39 is 5.41 Å². The molecule has 3 heterocycles. The van der Waals surface area contributed by atoms with E-state index in [2.05, 4.69) is 32.9 Å². The molecule has 2 aromatic heterocycles. The zero-order chi connectivity index (χ0) is 22.8. The number of carbonyl (C=O) groups is 2. The molecule has 0 bridgehead atoms. The number of nitrogens with zero attached hydrogens (tertiary/aromatic N) is 2. The molecule has 2 aromatic rings. The van der Waals surface area contributed by atoms with Crippen LogP contribution in [-0.2, 0) is 19.7 Å². The molecule has 1 amide bonds. The molecule has 1 aliphatic heterocycles. The fourth-order valence-corrected chi connectivity index (χ4v) is 6.89. The van der Waals surface area contributed by atoms with Crippen LogP contribution in [0, 0.1) is 18.8 Å². The van der Waals surface area contributed by atoms with E-state index in [9.17, 15) is 9.59 Å². The summed E-state index contributed by atoms with van der Waals surface area (Å²) < 4.78 is 11.2. The van der Waals surface area contributed by atoms with Crippen LogP contribution in [0.3, 0.4) is 0 Å². The summed E-state index contributed by atoms with van der Waals surface area (Å²) in [5.74, 6) is 1.96. The third-order valence-corrected chi connectivity index (χ3v) is 8.83. The van der Waals surface area contributed by atoms with Crippen molar-refractivity contribution < 1.29 is 18.8 Å². The molecule has 8 heteroatoms. The zero-order valence-electron chi connectivity index (χ0n) is 19.3. The summed E-state index contributed by atoms with van der Waals surface area (Å²) in [6.07, 6.45) is 8.29. The van der Waals surface area contributed by atoms with Gasteiger partial charge in [-0.05, 0) is 56.5 Å². The lowest BCUT2D eigenvalue weighted by molar-refractivity contribution is -0.176. The van der Waals surface area contributed by atoms with Gasteiger partial charge in [0.15, 0.2) is 5.82 Å². The molecule has 7 nitrogen and oxygen atoms in total. The Balaban J connectivity index is 1.14. The number of carbonyl (C=O) groups excluding carboxylic acids is 2. The number of aromatic nitrogens is 1. The van der Waals surface area contributed by atoms with Crippen molar-refractivity contribution >= 4 is 29.0 Å². The Morgan fingerprint density at radius 1 is 1.30 bits per heavy atom. The SMILES string of the molecule is Cc1cc(NC(=O)CN2CCC3C(C[C@@H]3OC(=O)C3(c4cccs4)CCCCCC3)C2)no1. The number of aryl methyl sites for hydroxylation is 1. The fourth-order valence-electron chi connectivity index (χ4n) is 5.92. The van der Waals surface area contributed by atoms with Crippen molar-refractivity contribution in [3.8, 4) is 0 Å². The number of ether oxygens (including phenoxy) is 1. The molecule has 3 aliphatic rings. The number of fused-ring (bicyclic) bond motifs is 1. The van der Waals surface area contributed by atoms with Crippen LogP contribution >= 0.6 is 11.3 Å². The Labute approximate surface area is 198 Å². The quantitative estimate of drug-likeness (QED) is 0.492. The second-order valence-electron chi connectivity index (χ2n) is 9.97.